The number of rotatable bonds is 4. The molecule has 106 valence electrons. The molecule has 0 spiro atoms. The van der Waals surface area contributed by atoms with Gasteiger partial charge in [-0.2, -0.15) is 0 Å². The molecule has 0 fully saturated rings. The molecule has 0 heterocycles. The maximum atomic E-state index is 5.32. The lowest BCUT2D eigenvalue weighted by Gasteiger charge is -2.27. The van der Waals surface area contributed by atoms with Crippen molar-refractivity contribution >= 4 is 22.6 Å². The molecular formula is C17H19IO2. The Bertz CT molecular complexity index is 588. The van der Waals surface area contributed by atoms with Crippen LogP contribution in [-0.2, 0) is 5.41 Å². The molecule has 0 aliphatic rings. The van der Waals surface area contributed by atoms with E-state index in [9.17, 15) is 0 Å². The summed E-state index contributed by atoms with van der Waals surface area (Å²) in [4.78, 5) is 0. The SMILES string of the molecule is COc1ccc(C(C)(C)c2ccc(OC)c(I)c2)cc1. The van der Waals surface area contributed by atoms with Gasteiger partial charge in [0.2, 0.25) is 0 Å². The van der Waals surface area contributed by atoms with Gasteiger partial charge < -0.3 is 9.47 Å². The minimum Gasteiger partial charge on any atom is -0.497 e. The standard InChI is InChI=1S/C17H19IO2/c1-17(2,12-5-8-14(19-3)9-6-12)13-7-10-16(20-4)15(18)11-13/h5-11H,1-4H3. The highest BCUT2D eigenvalue weighted by molar-refractivity contribution is 14.1. The van der Waals surface area contributed by atoms with Crippen LogP contribution in [0, 0.1) is 3.57 Å². The first-order chi connectivity index (χ1) is 9.48. The lowest BCUT2D eigenvalue weighted by molar-refractivity contribution is 0.411. The van der Waals surface area contributed by atoms with Gasteiger partial charge in [-0.05, 0) is 58.0 Å². The fraction of sp³-hybridized carbons (Fsp3) is 0.294. The predicted octanol–water partition coefficient (Wildman–Crippen LogP) is 4.63. The van der Waals surface area contributed by atoms with E-state index in [1.807, 2.05) is 18.2 Å². The van der Waals surface area contributed by atoms with E-state index in [1.165, 1.54) is 11.1 Å². The van der Waals surface area contributed by atoms with Gasteiger partial charge in [-0.1, -0.05) is 32.0 Å². The fourth-order valence-corrected chi connectivity index (χ4v) is 2.96. The van der Waals surface area contributed by atoms with Crippen LogP contribution in [0.2, 0.25) is 0 Å². The molecule has 2 rings (SSSR count). The molecule has 0 N–H and O–H groups in total. The van der Waals surface area contributed by atoms with Crippen molar-refractivity contribution in [2.75, 3.05) is 14.2 Å². The average Bonchev–Trinajstić information content (AvgIpc) is 2.47. The predicted molar refractivity (Wildman–Crippen MR) is 90.8 cm³/mol. The zero-order chi connectivity index (χ0) is 14.8. The molecule has 0 aliphatic carbocycles. The summed E-state index contributed by atoms with van der Waals surface area (Å²) in [6, 6.07) is 14.6. The van der Waals surface area contributed by atoms with E-state index in [0.717, 1.165) is 15.1 Å². The number of ether oxygens (including phenoxy) is 2. The second-order valence-corrected chi connectivity index (χ2v) is 6.37. The first-order valence-corrected chi connectivity index (χ1v) is 7.55. The van der Waals surface area contributed by atoms with Crippen molar-refractivity contribution in [3.05, 3.63) is 57.2 Å². The summed E-state index contributed by atoms with van der Waals surface area (Å²) in [5.74, 6) is 1.80. The third-order valence-corrected chi connectivity index (χ3v) is 4.53. The van der Waals surface area contributed by atoms with Crippen LogP contribution in [0.4, 0.5) is 0 Å². The Morgan fingerprint density at radius 3 is 1.95 bits per heavy atom. The molecule has 2 aromatic rings. The summed E-state index contributed by atoms with van der Waals surface area (Å²) in [5, 5.41) is 0. The highest BCUT2D eigenvalue weighted by Crippen LogP contribution is 2.35. The van der Waals surface area contributed by atoms with E-state index in [1.54, 1.807) is 14.2 Å². The molecule has 0 bridgehead atoms. The number of methoxy groups -OCH3 is 2. The maximum absolute atomic E-state index is 5.32. The number of hydrogen-bond donors (Lipinski definition) is 0. The summed E-state index contributed by atoms with van der Waals surface area (Å²) in [6.45, 7) is 4.46. The van der Waals surface area contributed by atoms with E-state index in [0.29, 0.717) is 0 Å². The van der Waals surface area contributed by atoms with E-state index in [-0.39, 0.29) is 5.41 Å². The highest BCUT2D eigenvalue weighted by atomic mass is 127. The van der Waals surface area contributed by atoms with Gasteiger partial charge in [0.25, 0.3) is 0 Å². The number of hydrogen-bond acceptors (Lipinski definition) is 2. The fourth-order valence-electron chi connectivity index (χ4n) is 2.23. The molecule has 0 atom stereocenters. The molecule has 2 aromatic carbocycles. The van der Waals surface area contributed by atoms with Gasteiger partial charge in [0, 0.05) is 5.41 Å². The lowest BCUT2D eigenvalue weighted by atomic mass is 9.78. The van der Waals surface area contributed by atoms with Crippen LogP contribution < -0.4 is 9.47 Å². The average molecular weight is 382 g/mol. The zero-order valence-electron chi connectivity index (χ0n) is 12.2. The van der Waals surface area contributed by atoms with Crippen molar-refractivity contribution in [2.24, 2.45) is 0 Å². The summed E-state index contributed by atoms with van der Waals surface area (Å²) >= 11 is 2.31. The normalized spacial score (nSPS) is 11.2. The molecule has 0 unspecified atom stereocenters. The number of halogens is 1. The Hall–Kier alpha value is -1.23. The summed E-state index contributed by atoms with van der Waals surface area (Å²) in [6.07, 6.45) is 0. The van der Waals surface area contributed by atoms with Gasteiger partial charge in [0.15, 0.2) is 0 Å². The third kappa shape index (κ3) is 2.92. The smallest absolute Gasteiger partial charge is 0.132 e. The van der Waals surface area contributed by atoms with Crippen LogP contribution in [0.25, 0.3) is 0 Å². The quantitative estimate of drug-likeness (QED) is 0.718. The topological polar surface area (TPSA) is 18.5 Å². The van der Waals surface area contributed by atoms with E-state index >= 15 is 0 Å². The molecule has 0 radical (unpaired) electrons. The lowest BCUT2D eigenvalue weighted by Crippen LogP contribution is -2.19. The van der Waals surface area contributed by atoms with Gasteiger partial charge in [-0.25, -0.2) is 0 Å². The number of benzene rings is 2. The van der Waals surface area contributed by atoms with E-state index in [2.05, 4.69) is 60.7 Å². The highest BCUT2D eigenvalue weighted by Gasteiger charge is 2.23. The van der Waals surface area contributed by atoms with Crippen molar-refractivity contribution in [3.63, 3.8) is 0 Å². The second kappa shape index (κ2) is 6.04. The van der Waals surface area contributed by atoms with Crippen molar-refractivity contribution in [2.45, 2.75) is 19.3 Å². The first kappa shape index (κ1) is 15.2. The Balaban J connectivity index is 2.39. The van der Waals surface area contributed by atoms with Crippen molar-refractivity contribution in [1.29, 1.82) is 0 Å². The molecule has 0 amide bonds. The molecule has 0 saturated carbocycles. The summed E-state index contributed by atoms with van der Waals surface area (Å²) in [5.41, 5.74) is 2.48. The first-order valence-electron chi connectivity index (χ1n) is 6.47. The Kier molecular flexibility index (Phi) is 4.58. The van der Waals surface area contributed by atoms with Crippen molar-refractivity contribution in [3.8, 4) is 11.5 Å². The van der Waals surface area contributed by atoms with E-state index < -0.39 is 0 Å². The molecule has 0 saturated heterocycles. The maximum Gasteiger partial charge on any atom is 0.132 e. The van der Waals surface area contributed by atoms with Crippen molar-refractivity contribution < 1.29 is 9.47 Å². The van der Waals surface area contributed by atoms with Crippen LogP contribution in [0.5, 0.6) is 11.5 Å². The van der Waals surface area contributed by atoms with Gasteiger partial charge in [-0.15, -0.1) is 0 Å². The van der Waals surface area contributed by atoms with Crippen molar-refractivity contribution in [1.82, 2.24) is 0 Å². The van der Waals surface area contributed by atoms with Crippen LogP contribution in [0.1, 0.15) is 25.0 Å². The minimum atomic E-state index is -0.0571. The molecular weight excluding hydrogens is 363 g/mol. The second-order valence-electron chi connectivity index (χ2n) is 5.20. The van der Waals surface area contributed by atoms with Crippen LogP contribution in [0.15, 0.2) is 42.5 Å². The monoisotopic (exact) mass is 382 g/mol. The summed E-state index contributed by atoms with van der Waals surface area (Å²) < 4.78 is 11.7. The van der Waals surface area contributed by atoms with Crippen LogP contribution in [0.3, 0.4) is 0 Å². The Morgan fingerprint density at radius 2 is 1.45 bits per heavy atom. The third-order valence-electron chi connectivity index (χ3n) is 3.69. The molecule has 3 heteroatoms. The molecule has 0 aliphatic heterocycles. The Labute approximate surface area is 134 Å². The van der Waals surface area contributed by atoms with Crippen LogP contribution >= 0.6 is 22.6 Å². The van der Waals surface area contributed by atoms with E-state index in [4.69, 9.17) is 9.47 Å². The molecule has 0 aromatic heterocycles. The largest absolute Gasteiger partial charge is 0.497 e. The molecule has 20 heavy (non-hydrogen) atoms. The minimum absolute atomic E-state index is 0.0571. The van der Waals surface area contributed by atoms with Gasteiger partial charge in [0.1, 0.15) is 11.5 Å². The van der Waals surface area contributed by atoms with Gasteiger partial charge in [0.05, 0.1) is 17.8 Å². The Morgan fingerprint density at radius 1 is 0.850 bits per heavy atom. The zero-order valence-corrected chi connectivity index (χ0v) is 14.4. The van der Waals surface area contributed by atoms with Gasteiger partial charge in [-0.3, -0.25) is 0 Å². The summed E-state index contributed by atoms with van der Waals surface area (Å²) in [7, 11) is 3.39. The van der Waals surface area contributed by atoms with Crippen LogP contribution in [-0.4, -0.2) is 14.2 Å². The van der Waals surface area contributed by atoms with Gasteiger partial charge >= 0.3 is 0 Å². The molecule has 2 nitrogen and oxygen atoms in total.